The van der Waals surface area contributed by atoms with Crippen LogP contribution in [0.4, 0.5) is 11.8 Å². The van der Waals surface area contributed by atoms with Gasteiger partial charge in [-0.1, -0.05) is 0 Å². The molecule has 2 fully saturated rings. The van der Waals surface area contributed by atoms with Gasteiger partial charge in [0, 0.05) is 37.8 Å². The van der Waals surface area contributed by atoms with E-state index in [9.17, 15) is 9.90 Å². The van der Waals surface area contributed by atoms with Gasteiger partial charge in [-0.15, -0.1) is 0 Å². The minimum atomic E-state index is -0.471. The van der Waals surface area contributed by atoms with E-state index in [1.54, 1.807) is 12.3 Å². The van der Waals surface area contributed by atoms with Crippen LogP contribution in [0.2, 0.25) is 0 Å². The molecule has 2 aromatic rings. The molecule has 0 radical (unpaired) electrons. The Balaban J connectivity index is 1.46. The van der Waals surface area contributed by atoms with Crippen LogP contribution in [0.5, 0.6) is 0 Å². The SMILES string of the molecule is Nc1ccnc(N2CCC3(CC2)CC(O)CN(C(=O)c2ccsc2)C3)n1. The number of amides is 1. The lowest BCUT2D eigenvalue weighted by atomic mass is 9.71. The Labute approximate surface area is 156 Å². The predicted octanol–water partition coefficient (Wildman–Crippen LogP) is 1.61. The first kappa shape index (κ1) is 17.2. The van der Waals surface area contributed by atoms with Crippen LogP contribution in [-0.4, -0.2) is 58.2 Å². The fourth-order valence-electron chi connectivity index (χ4n) is 4.13. The molecule has 7 nitrogen and oxygen atoms in total. The zero-order chi connectivity index (χ0) is 18.1. The zero-order valence-electron chi connectivity index (χ0n) is 14.5. The first-order valence-corrected chi connectivity index (χ1v) is 9.82. The molecule has 2 aromatic heterocycles. The number of aromatic nitrogens is 2. The molecule has 0 aromatic carbocycles. The number of piperidine rings is 2. The van der Waals surface area contributed by atoms with Gasteiger partial charge in [-0.25, -0.2) is 4.98 Å². The smallest absolute Gasteiger partial charge is 0.254 e. The number of thiophene rings is 1. The second-order valence-corrected chi connectivity index (χ2v) is 8.10. The molecule has 26 heavy (non-hydrogen) atoms. The molecule has 3 N–H and O–H groups in total. The van der Waals surface area contributed by atoms with E-state index in [2.05, 4.69) is 14.9 Å². The molecule has 0 bridgehead atoms. The maximum Gasteiger partial charge on any atom is 0.254 e. The number of β-amino-alcohol motifs (C(OH)–C–C–N with tert-alkyl or cyclic N) is 1. The van der Waals surface area contributed by atoms with E-state index in [1.165, 1.54) is 11.3 Å². The van der Waals surface area contributed by atoms with Crippen molar-refractivity contribution in [3.8, 4) is 0 Å². The highest BCUT2D eigenvalue weighted by Gasteiger charge is 2.43. The lowest BCUT2D eigenvalue weighted by Crippen LogP contribution is -2.55. The number of hydrogen-bond donors (Lipinski definition) is 2. The summed E-state index contributed by atoms with van der Waals surface area (Å²) < 4.78 is 0. The van der Waals surface area contributed by atoms with Crippen molar-refractivity contribution in [3.63, 3.8) is 0 Å². The number of likely N-dealkylation sites (tertiary alicyclic amines) is 1. The van der Waals surface area contributed by atoms with E-state index in [0.29, 0.717) is 30.4 Å². The number of nitrogens with zero attached hydrogens (tertiary/aromatic N) is 4. The number of anilines is 2. The number of rotatable bonds is 2. The van der Waals surface area contributed by atoms with Gasteiger partial charge in [0.2, 0.25) is 5.95 Å². The quantitative estimate of drug-likeness (QED) is 0.830. The average Bonchev–Trinajstić information content (AvgIpc) is 3.16. The Bertz CT molecular complexity index is 774. The predicted molar refractivity (Wildman–Crippen MR) is 101 cm³/mol. The summed E-state index contributed by atoms with van der Waals surface area (Å²) in [4.78, 5) is 25.3. The van der Waals surface area contributed by atoms with Crippen LogP contribution in [-0.2, 0) is 0 Å². The summed E-state index contributed by atoms with van der Waals surface area (Å²) >= 11 is 1.52. The molecule has 0 saturated carbocycles. The summed E-state index contributed by atoms with van der Waals surface area (Å²) in [6.07, 6.45) is 3.74. The van der Waals surface area contributed by atoms with Crippen LogP contribution in [0.1, 0.15) is 29.6 Å². The van der Waals surface area contributed by atoms with Crippen LogP contribution in [0.25, 0.3) is 0 Å². The molecule has 2 aliphatic heterocycles. The summed E-state index contributed by atoms with van der Waals surface area (Å²) in [6, 6.07) is 3.53. The number of carbonyl (C=O) groups is 1. The number of nitrogens with two attached hydrogens (primary N) is 1. The largest absolute Gasteiger partial charge is 0.391 e. The molecule has 0 aliphatic carbocycles. The third-order valence-corrected chi connectivity index (χ3v) is 6.14. The van der Waals surface area contributed by atoms with Gasteiger partial charge in [0.1, 0.15) is 5.82 Å². The Kier molecular flexibility index (Phi) is 4.54. The Hall–Kier alpha value is -2.19. The topological polar surface area (TPSA) is 95.6 Å². The Morgan fingerprint density at radius 3 is 2.85 bits per heavy atom. The molecule has 4 rings (SSSR count). The van der Waals surface area contributed by atoms with Gasteiger partial charge in [-0.2, -0.15) is 16.3 Å². The highest BCUT2D eigenvalue weighted by atomic mass is 32.1. The van der Waals surface area contributed by atoms with E-state index in [4.69, 9.17) is 5.73 Å². The Morgan fingerprint density at radius 1 is 1.35 bits per heavy atom. The van der Waals surface area contributed by atoms with Gasteiger partial charge < -0.3 is 20.6 Å². The van der Waals surface area contributed by atoms with Crippen LogP contribution in [0, 0.1) is 5.41 Å². The number of carbonyl (C=O) groups excluding carboxylic acids is 1. The van der Waals surface area contributed by atoms with Gasteiger partial charge >= 0.3 is 0 Å². The molecule has 4 heterocycles. The monoisotopic (exact) mass is 373 g/mol. The fourth-order valence-corrected chi connectivity index (χ4v) is 4.76. The van der Waals surface area contributed by atoms with Crippen molar-refractivity contribution in [2.45, 2.75) is 25.4 Å². The molecule has 1 atom stereocenters. The molecule has 1 spiro atoms. The molecular weight excluding hydrogens is 350 g/mol. The second-order valence-electron chi connectivity index (χ2n) is 7.32. The highest BCUT2D eigenvalue weighted by molar-refractivity contribution is 7.08. The van der Waals surface area contributed by atoms with E-state index >= 15 is 0 Å². The number of aliphatic hydroxyl groups excluding tert-OH is 1. The third kappa shape index (κ3) is 3.39. The van der Waals surface area contributed by atoms with E-state index in [-0.39, 0.29) is 11.3 Å². The van der Waals surface area contributed by atoms with Crippen molar-refractivity contribution in [2.75, 3.05) is 36.8 Å². The van der Waals surface area contributed by atoms with Crippen molar-refractivity contribution >= 4 is 29.0 Å². The minimum Gasteiger partial charge on any atom is -0.391 e. The van der Waals surface area contributed by atoms with Crippen molar-refractivity contribution in [1.29, 1.82) is 0 Å². The number of aliphatic hydroxyl groups is 1. The summed E-state index contributed by atoms with van der Waals surface area (Å²) in [5.74, 6) is 1.14. The number of hydrogen-bond acceptors (Lipinski definition) is 7. The van der Waals surface area contributed by atoms with Crippen molar-refractivity contribution < 1.29 is 9.90 Å². The molecular formula is C18H23N5O2S. The fraction of sp³-hybridized carbons (Fsp3) is 0.500. The molecule has 2 aliphatic rings. The first-order chi connectivity index (χ1) is 12.5. The van der Waals surface area contributed by atoms with E-state index in [1.807, 2.05) is 21.7 Å². The molecule has 138 valence electrons. The number of nitrogen functional groups attached to an aromatic ring is 1. The summed E-state index contributed by atoms with van der Waals surface area (Å²) in [6.45, 7) is 2.72. The molecule has 2 saturated heterocycles. The van der Waals surface area contributed by atoms with Crippen molar-refractivity contribution in [3.05, 3.63) is 34.7 Å². The molecule has 1 amide bonds. The summed E-state index contributed by atoms with van der Waals surface area (Å²) in [5, 5.41) is 14.2. The lowest BCUT2D eigenvalue weighted by Gasteiger charge is -2.49. The van der Waals surface area contributed by atoms with Crippen LogP contribution in [0.15, 0.2) is 29.1 Å². The van der Waals surface area contributed by atoms with E-state index < -0.39 is 6.10 Å². The normalized spacial score (nSPS) is 22.6. The average molecular weight is 373 g/mol. The summed E-state index contributed by atoms with van der Waals surface area (Å²) in [7, 11) is 0. The highest BCUT2D eigenvalue weighted by Crippen LogP contribution is 2.41. The van der Waals surface area contributed by atoms with Gasteiger partial charge in [0.25, 0.3) is 5.91 Å². The first-order valence-electron chi connectivity index (χ1n) is 8.88. The van der Waals surface area contributed by atoms with Crippen molar-refractivity contribution in [2.24, 2.45) is 5.41 Å². The van der Waals surface area contributed by atoms with Gasteiger partial charge in [-0.05, 0) is 42.2 Å². The Morgan fingerprint density at radius 2 is 2.15 bits per heavy atom. The third-order valence-electron chi connectivity index (χ3n) is 5.45. The van der Waals surface area contributed by atoms with Gasteiger partial charge in [-0.3, -0.25) is 4.79 Å². The summed E-state index contributed by atoms with van der Waals surface area (Å²) in [5.41, 5.74) is 6.43. The standard InChI is InChI=1S/C18H23N5O2S/c19-15-1-5-20-17(21-15)22-6-3-18(4-7-22)9-14(24)10-23(12-18)16(25)13-2-8-26-11-13/h1-2,5,8,11,14,24H,3-4,6-7,9-10,12H2,(H2,19,20,21). The lowest BCUT2D eigenvalue weighted by molar-refractivity contribution is -0.0150. The van der Waals surface area contributed by atoms with Crippen LogP contribution >= 0.6 is 11.3 Å². The zero-order valence-corrected chi connectivity index (χ0v) is 15.4. The van der Waals surface area contributed by atoms with E-state index in [0.717, 1.165) is 32.4 Å². The van der Waals surface area contributed by atoms with Crippen LogP contribution < -0.4 is 10.6 Å². The van der Waals surface area contributed by atoms with Crippen LogP contribution in [0.3, 0.4) is 0 Å². The minimum absolute atomic E-state index is 0.0194. The van der Waals surface area contributed by atoms with Gasteiger partial charge in [0.15, 0.2) is 0 Å². The maximum atomic E-state index is 12.7. The van der Waals surface area contributed by atoms with Crippen molar-refractivity contribution in [1.82, 2.24) is 14.9 Å². The second kappa shape index (κ2) is 6.85. The van der Waals surface area contributed by atoms with Gasteiger partial charge in [0.05, 0.1) is 11.7 Å². The molecule has 1 unspecified atom stereocenters. The maximum absolute atomic E-state index is 12.7. The molecule has 8 heteroatoms.